The third-order valence-electron chi connectivity index (χ3n) is 4.91. The second kappa shape index (κ2) is 8.07. The van der Waals surface area contributed by atoms with Crippen LogP contribution >= 0.6 is 0 Å². The highest BCUT2D eigenvalue weighted by Crippen LogP contribution is 2.20. The molecule has 3 heterocycles. The van der Waals surface area contributed by atoms with Crippen LogP contribution in [0.2, 0.25) is 0 Å². The standard InChI is InChI=1S/C20H22N6O/c27-19(11-10-16-6-2-1-3-7-16)25-13-5-9-18(25)15-26-23-20(22-24-26)17-8-4-12-21-14-17/h1-4,6-8,12,14,18H,5,9-11,13,15H2/t18-/m1/s1. The van der Waals surface area contributed by atoms with E-state index < -0.39 is 0 Å². The molecule has 1 amide bonds. The number of nitrogens with zero attached hydrogens (tertiary/aromatic N) is 6. The van der Waals surface area contributed by atoms with Gasteiger partial charge in [0.2, 0.25) is 11.7 Å². The molecular formula is C20H22N6O. The fraction of sp³-hybridized carbons (Fsp3) is 0.350. The zero-order chi connectivity index (χ0) is 18.5. The lowest BCUT2D eigenvalue weighted by molar-refractivity contribution is -0.132. The second-order valence-electron chi connectivity index (χ2n) is 6.78. The third-order valence-corrected chi connectivity index (χ3v) is 4.91. The Morgan fingerprint density at radius 3 is 2.85 bits per heavy atom. The van der Waals surface area contributed by atoms with Gasteiger partial charge in [0, 0.05) is 30.9 Å². The molecule has 1 aliphatic rings. The van der Waals surface area contributed by atoms with Crippen LogP contribution in [0.1, 0.15) is 24.8 Å². The van der Waals surface area contributed by atoms with E-state index in [1.165, 1.54) is 5.56 Å². The number of likely N-dealkylation sites (tertiary alicyclic amines) is 1. The maximum absolute atomic E-state index is 12.7. The minimum absolute atomic E-state index is 0.129. The predicted octanol–water partition coefficient (Wildman–Crippen LogP) is 2.36. The summed E-state index contributed by atoms with van der Waals surface area (Å²) in [4.78, 5) is 20.4. The van der Waals surface area contributed by atoms with Crippen molar-refractivity contribution in [1.82, 2.24) is 30.1 Å². The highest BCUT2D eigenvalue weighted by molar-refractivity contribution is 5.77. The van der Waals surface area contributed by atoms with Crippen LogP contribution in [-0.2, 0) is 17.8 Å². The molecule has 0 aliphatic carbocycles. The molecule has 2 aromatic heterocycles. The first-order chi connectivity index (χ1) is 13.3. The van der Waals surface area contributed by atoms with Gasteiger partial charge in [-0.05, 0) is 42.2 Å². The fourth-order valence-electron chi connectivity index (χ4n) is 3.51. The molecule has 138 valence electrons. The van der Waals surface area contributed by atoms with E-state index in [1.807, 2.05) is 35.2 Å². The quantitative estimate of drug-likeness (QED) is 0.673. The molecule has 0 radical (unpaired) electrons. The van der Waals surface area contributed by atoms with Crippen LogP contribution in [0.15, 0.2) is 54.9 Å². The molecule has 3 aromatic rings. The van der Waals surface area contributed by atoms with Crippen LogP contribution in [0.4, 0.5) is 0 Å². The summed E-state index contributed by atoms with van der Waals surface area (Å²) in [6, 6.07) is 14.0. The van der Waals surface area contributed by atoms with E-state index in [1.54, 1.807) is 17.2 Å². The van der Waals surface area contributed by atoms with E-state index in [4.69, 9.17) is 0 Å². The summed E-state index contributed by atoms with van der Waals surface area (Å²) in [7, 11) is 0. The average Bonchev–Trinajstić information content (AvgIpc) is 3.38. The Morgan fingerprint density at radius 1 is 1.15 bits per heavy atom. The summed E-state index contributed by atoms with van der Waals surface area (Å²) in [5.74, 6) is 0.761. The molecule has 0 saturated carbocycles. The molecule has 7 heteroatoms. The van der Waals surface area contributed by atoms with Crippen molar-refractivity contribution in [3.05, 3.63) is 60.4 Å². The number of carbonyl (C=O) groups excluding carboxylic acids is 1. The smallest absolute Gasteiger partial charge is 0.223 e. The Hall–Kier alpha value is -3.09. The van der Waals surface area contributed by atoms with Gasteiger partial charge in [-0.2, -0.15) is 4.80 Å². The van der Waals surface area contributed by atoms with Crippen molar-refractivity contribution >= 4 is 5.91 Å². The number of amides is 1. The zero-order valence-corrected chi connectivity index (χ0v) is 15.1. The molecule has 1 aliphatic heterocycles. The molecule has 1 fully saturated rings. The van der Waals surface area contributed by atoms with Crippen LogP contribution in [0, 0.1) is 0 Å². The Balaban J connectivity index is 1.37. The number of rotatable bonds is 6. The lowest BCUT2D eigenvalue weighted by atomic mass is 10.1. The number of hydrogen-bond acceptors (Lipinski definition) is 5. The molecule has 1 saturated heterocycles. The fourth-order valence-corrected chi connectivity index (χ4v) is 3.51. The van der Waals surface area contributed by atoms with Gasteiger partial charge in [-0.3, -0.25) is 9.78 Å². The number of benzene rings is 1. The Labute approximate surface area is 158 Å². The summed E-state index contributed by atoms with van der Waals surface area (Å²) >= 11 is 0. The first kappa shape index (κ1) is 17.3. The lowest BCUT2D eigenvalue weighted by Gasteiger charge is -2.24. The average molecular weight is 362 g/mol. The molecule has 1 aromatic carbocycles. The van der Waals surface area contributed by atoms with E-state index in [0.29, 0.717) is 18.8 Å². The minimum atomic E-state index is 0.129. The highest BCUT2D eigenvalue weighted by Gasteiger charge is 2.29. The third kappa shape index (κ3) is 4.19. The Kier molecular flexibility index (Phi) is 5.18. The van der Waals surface area contributed by atoms with E-state index in [0.717, 1.165) is 31.4 Å². The van der Waals surface area contributed by atoms with Crippen molar-refractivity contribution in [3.63, 3.8) is 0 Å². The number of carbonyl (C=O) groups is 1. The van der Waals surface area contributed by atoms with Gasteiger partial charge in [0.05, 0.1) is 12.6 Å². The second-order valence-corrected chi connectivity index (χ2v) is 6.78. The van der Waals surface area contributed by atoms with Crippen molar-refractivity contribution in [2.24, 2.45) is 0 Å². The molecule has 4 rings (SSSR count). The minimum Gasteiger partial charge on any atom is -0.338 e. The van der Waals surface area contributed by atoms with Gasteiger partial charge in [-0.25, -0.2) is 0 Å². The van der Waals surface area contributed by atoms with Crippen LogP contribution in [0.25, 0.3) is 11.4 Å². The van der Waals surface area contributed by atoms with Gasteiger partial charge >= 0.3 is 0 Å². The number of aromatic nitrogens is 5. The summed E-state index contributed by atoms with van der Waals surface area (Å²) < 4.78 is 0. The summed E-state index contributed by atoms with van der Waals surface area (Å²) in [5.41, 5.74) is 2.03. The number of hydrogen-bond donors (Lipinski definition) is 0. The Morgan fingerprint density at radius 2 is 2.04 bits per heavy atom. The van der Waals surface area contributed by atoms with E-state index in [-0.39, 0.29) is 11.9 Å². The van der Waals surface area contributed by atoms with Crippen molar-refractivity contribution in [3.8, 4) is 11.4 Å². The molecular weight excluding hydrogens is 340 g/mol. The number of tetrazole rings is 1. The van der Waals surface area contributed by atoms with Gasteiger partial charge in [0.15, 0.2) is 0 Å². The molecule has 0 bridgehead atoms. The molecule has 7 nitrogen and oxygen atoms in total. The maximum atomic E-state index is 12.7. The zero-order valence-electron chi connectivity index (χ0n) is 15.1. The summed E-state index contributed by atoms with van der Waals surface area (Å²) in [5, 5.41) is 12.7. The molecule has 0 N–H and O–H groups in total. The topological polar surface area (TPSA) is 76.8 Å². The van der Waals surface area contributed by atoms with Crippen LogP contribution < -0.4 is 0 Å². The van der Waals surface area contributed by atoms with Crippen LogP contribution in [0.5, 0.6) is 0 Å². The first-order valence-electron chi connectivity index (χ1n) is 9.31. The van der Waals surface area contributed by atoms with Crippen molar-refractivity contribution < 1.29 is 4.79 Å². The lowest BCUT2D eigenvalue weighted by Crippen LogP contribution is -2.38. The predicted molar refractivity (Wildman–Crippen MR) is 101 cm³/mol. The van der Waals surface area contributed by atoms with Gasteiger partial charge in [-0.15, -0.1) is 10.2 Å². The SMILES string of the molecule is O=C(CCc1ccccc1)N1CCC[C@@H]1Cn1nnc(-c2cccnc2)n1. The largest absolute Gasteiger partial charge is 0.338 e. The normalized spacial score (nSPS) is 16.6. The first-order valence-corrected chi connectivity index (χ1v) is 9.31. The molecule has 0 unspecified atom stereocenters. The van der Waals surface area contributed by atoms with Crippen molar-refractivity contribution in [2.75, 3.05) is 6.54 Å². The van der Waals surface area contributed by atoms with Gasteiger partial charge in [0.1, 0.15) is 0 Å². The molecule has 0 spiro atoms. The van der Waals surface area contributed by atoms with E-state index in [2.05, 4.69) is 32.5 Å². The highest BCUT2D eigenvalue weighted by atomic mass is 16.2. The monoisotopic (exact) mass is 362 g/mol. The van der Waals surface area contributed by atoms with E-state index in [9.17, 15) is 4.79 Å². The summed E-state index contributed by atoms with van der Waals surface area (Å²) in [6.45, 7) is 1.38. The van der Waals surface area contributed by atoms with Crippen LogP contribution in [-0.4, -0.2) is 48.6 Å². The Bertz CT molecular complexity index is 880. The van der Waals surface area contributed by atoms with Crippen molar-refractivity contribution in [1.29, 1.82) is 0 Å². The van der Waals surface area contributed by atoms with E-state index >= 15 is 0 Å². The van der Waals surface area contributed by atoms with Crippen LogP contribution in [0.3, 0.4) is 0 Å². The molecule has 27 heavy (non-hydrogen) atoms. The number of aryl methyl sites for hydroxylation is 1. The van der Waals surface area contributed by atoms with Crippen molar-refractivity contribution in [2.45, 2.75) is 38.3 Å². The molecule has 1 atom stereocenters. The summed E-state index contributed by atoms with van der Waals surface area (Å²) in [6.07, 6.45) is 6.73. The number of pyridine rings is 1. The van der Waals surface area contributed by atoms with Gasteiger partial charge in [-0.1, -0.05) is 30.3 Å². The maximum Gasteiger partial charge on any atom is 0.223 e. The van der Waals surface area contributed by atoms with Gasteiger partial charge in [0.25, 0.3) is 0 Å². The van der Waals surface area contributed by atoms with Gasteiger partial charge < -0.3 is 4.90 Å².